The molecule has 1 atom stereocenters. The van der Waals surface area contributed by atoms with Gasteiger partial charge in [0.1, 0.15) is 22.8 Å². The van der Waals surface area contributed by atoms with E-state index in [9.17, 15) is 0 Å². The molecular formula is C19H20ClN3O3. The van der Waals surface area contributed by atoms with Crippen LogP contribution in [-0.4, -0.2) is 29.8 Å². The Labute approximate surface area is 156 Å². The smallest absolute Gasteiger partial charge is 0.225 e. The van der Waals surface area contributed by atoms with Crippen LogP contribution in [0.2, 0.25) is 5.28 Å². The maximum atomic E-state index is 6.14. The number of aromatic nitrogens is 2. The van der Waals surface area contributed by atoms with Gasteiger partial charge < -0.3 is 19.2 Å². The zero-order chi connectivity index (χ0) is 17.8. The van der Waals surface area contributed by atoms with Crippen molar-refractivity contribution in [2.45, 2.75) is 19.4 Å². The Kier molecular flexibility index (Phi) is 5.22. The molecule has 1 unspecified atom stereocenters. The summed E-state index contributed by atoms with van der Waals surface area (Å²) in [6, 6.07) is 9.55. The first-order valence-corrected chi connectivity index (χ1v) is 9.10. The molecule has 26 heavy (non-hydrogen) atoms. The topological polar surface area (TPSA) is 69.4 Å². The van der Waals surface area contributed by atoms with Crippen molar-refractivity contribution in [2.75, 3.05) is 25.1 Å². The number of nitrogens with zero attached hydrogens (tertiary/aromatic N) is 2. The lowest BCUT2D eigenvalue weighted by molar-refractivity contribution is 0.0354. The fourth-order valence-corrected chi connectivity index (χ4v) is 3.25. The van der Waals surface area contributed by atoms with Crippen molar-refractivity contribution in [3.63, 3.8) is 0 Å². The Hall–Kier alpha value is -2.31. The van der Waals surface area contributed by atoms with Crippen molar-refractivity contribution in [3.05, 3.63) is 47.6 Å². The number of hydrogen-bond donors (Lipinski definition) is 1. The van der Waals surface area contributed by atoms with Gasteiger partial charge in [-0.2, -0.15) is 0 Å². The maximum absolute atomic E-state index is 6.14. The van der Waals surface area contributed by atoms with Crippen molar-refractivity contribution in [1.29, 1.82) is 0 Å². The van der Waals surface area contributed by atoms with Gasteiger partial charge in [-0.1, -0.05) is 6.07 Å². The first kappa shape index (κ1) is 17.1. The SMILES string of the molecule is Clc1nc(NCc2ccco2)c2cccc(OCC3CCCOC3)c2n1. The quantitative estimate of drug-likeness (QED) is 0.650. The molecular weight excluding hydrogens is 354 g/mol. The molecule has 0 radical (unpaired) electrons. The van der Waals surface area contributed by atoms with Gasteiger partial charge in [-0.15, -0.1) is 0 Å². The minimum atomic E-state index is 0.177. The second kappa shape index (κ2) is 7.93. The Balaban J connectivity index is 1.56. The highest BCUT2D eigenvalue weighted by molar-refractivity contribution is 6.29. The molecule has 0 saturated carbocycles. The number of rotatable bonds is 6. The molecule has 0 spiro atoms. The largest absolute Gasteiger partial charge is 0.491 e. The summed E-state index contributed by atoms with van der Waals surface area (Å²) in [7, 11) is 0. The summed E-state index contributed by atoms with van der Waals surface area (Å²) < 4.78 is 16.9. The Morgan fingerprint density at radius 1 is 1.23 bits per heavy atom. The zero-order valence-electron chi connectivity index (χ0n) is 14.3. The van der Waals surface area contributed by atoms with E-state index in [1.54, 1.807) is 6.26 Å². The molecule has 1 fully saturated rings. The summed E-state index contributed by atoms with van der Waals surface area (Å²) in [5.74, 6) is 2.59. The average molecular weight is 374 g/mol. The molecule has 4 rings (SSSR count). The monoisotopic (exact) mass is 373 g/mol. The molecule has 7 heteroatoms. The molecule has 1 N–H and O–H groups in total. The van der Waals surface area contributed by atoms with Crippen LogP contribution in [-0.2, 0) is 11.3 Å². The summed E-state index contributed by atoms with van der Waals surface area (Å²) in [6.07, 6.45) is 3.85. The highest BCUT2D eigenvalue weighted by Gasteiger charge is 2.16. The number of hydrogen-bond acceptors (Lipinski definition) is 6. The van der Waals surface area contributed by atoms with E-state index in [4.69, 9.17) is 25.5 Å². The van der Waals surface area contributed by atoms with Crippen molar-refractivity contribution < 1.29 is 13.9 Å². The van der Waals surface area contributed by atoms with Crippen molar-refractivity contribution in [3.8, 4) is 5.75 Å². The number of fused-ring (bicyclic) bond motifs is 1. The number of furan rings is 1. The van der Waals surface area contributed by atoms with E-state index in [1.165, 1.54) is 0 Å². The van der Waals surface area contributed by atoms with Crippen molar-refractivity contribution in [2.24, 2.45) is 5.92 Å². The van der Waals surface area contributed by atoms with Gasteiger partial charge in [-0.3, -0.25) is 0 Å². The molecule has 1 aromatic carbocycles. The lowest BCUT2D eigenvalue weighted by Crippen LogP contribution is -2.23. The average Bonchev–Trinajstić information content (AvgIpc) is 3.19. The normalized spacial score (nSPS) is 17.3. The minimum absolute atomic E-state index is 0.177. The van der Waals surface area contributed by atoms with Crippen LogP contribution >= 0.6 is 11.6 Å². The van der Waals surface area contributed by atoms with E-state index in [-0.39, 0.29) is 5.28 Å². The Morgan fingerprint density at radius 2 is 2.19 bits per heavy atom. The lowest BCUT2D eigenvalue weighted by Gasteiger charge is -2.22. The van der Waals surface area contributed by atoms with Crippen molar-refractivity contribution >= 4 is 28.3 Å². The molecule has 1 saturated heterocycles. The van der Waals surface area contributed by atoms with Crippen LogP contribution in [0.3, 0.4) is 0 Å². The first-order chi connectivity index (χ1) is 12.8. The van der Waals surface area contributed by atoms with Crippen molar-refractivity contribution in [1.82, 2.24) is 9.97 Å². The van der Waals surface area contributed by atoms with Gasteiger partial charge in [0, 0.05) is 17.9 Å². The highest BCUT2D eigenvalue weighted by atomic mass is 35.5. The standard InChI is InChI=1S/C19H20ClN3O3/c20-19-22-17-15(18(23-19)21-10-14-5-3-9-25-14)6-1-7-16(17)26-12-13-4-2-8-24-11-13/h1,3,5-7,9,13H,2,4,8,10-12H2,(H,21,22,23). The molecule has 1 aliphatic heterocycles. The molecule has 136 valence electrons. The minimum Gasteiger partial charge on any atom is -0.491 e. The number of nitrogens with one attached hydrogen (secondary N) is 1. The van der Waals surface area contributed by atoms with Crippen LogP contribution in [0.4, 0.5) is 5.82 Å². The van der Waals surface area contributed by atoms with Gasteiger partial charge in [0.2, 0.25) is 5.28 Å². The van der Waals surface area contributed by atoms with Gasteiger partial charge in [0.25, 0.3) is 0 Å². The number of anilines is 1. The third kappa shape index (κ3) is 3.92. The molecule has 3 heterocycles. The second-order valence-electron chi connectivity index (χ2n) is 6.32. The van der Waals surface area contributed by atoms with Crippen LogP contribution in [0.5, 0.6) is 5.75 Å². The number of para-hydroxylation sites is 1. The van der Waals surface area contributed by atoms with Crippen LogP contribution in [0, 0.1) is 5.92 Å². The number of ether oxygens (including phenoxy) is 2. The predicted octanol–water partition coefficient (Wildman–Crippen LogP) is 4.29. The van der Waals surface area contributed by atoms with Gasteiger partial charge >= 0.3 is 0 Å². The molecule has 1 aliphatic rings. The first-order valence-electron chi connectivity index (χ1n) is 8.72. The Bertz CT molecular complexity index is 864. The number of benzene rings is 1. The van der Waals surface area contributed by atoms with Gasteiger partial charge in [-0.25, -0.2) is 9.97 Å². The third-order valence-corrected chi connectivity index (χ3v) is 4.57. The van der Waals surface area contributed by atoms with Crippen LogP contribution in [0.1, 0.15) is 18.6 Å². The zero-order valence-corrected chi connectivity index (χ0v) is 15.0. The number of halogens is 1. The molecule has 0 aliphatic carbocycles. The highest BCUT2D eigenvalue weighted by Crippen LogP contribution is 2.30. The van der Waals surface area contributed by atoms with E-state index in [0.29, 0.717) is 36.2 Å². The predicted molar refractivity (Wildman–Crippen MR) is 99.6 cm³/mol. The maximum Gasteiger partial charge on any atom is 0.225 e. The van der Waals surface area contributed by atoms with Gasteiger partial charge in [0.15, 0.2) is 0 Å². The second-order valence-corrected chi connectivity index (χ2v) is 6.66. The summed E-state index contributed by atoms with van der Waals surface area (Å²) in [6.45, 7) is 2.71. The van der Waals surface area contributed by atoms with E-state index in [0.717, 1.165) is 37.2 Å². The fourth-order valence-electron chi connectivity index (χ4n) is 3.08. The van der Waals surface area contributed by atoms with E-state index >= 15 is 0 Å². The summed E-state index contributed by atoms with van der Waals surface area (Å²) in [5.41, 5.74) is 0.700. The molecule has 2 aromatic heterocycles. The van der Waals surface area contributed by atoms with Gasteiger partial charge in [0.05, 0.1) is 26.0 Å². The molecule has 6 nitrogen and oxygen atoms in total. The third-order valence-electron chi connectivity index (χ3n) is 4.40. The van der Waals surface area contributed by atoms with Crippen LogP contribution in [0.15, 0.2) is 41.0 Å². The van der Waals surface area contributed by atoms with E-state index in [1.807, 2.05) is 30.3 Å². The summed E-state index contributed by atoms with van der Waals surface area (Å²) in [4.78, 5) is 8.70. The molecule has 0 amide bonds. The van der Waals surface area contributed by atoms with Crippen LogP contribution in [0.25, 0.3) is 10.9 Å². The lowest BCUT2D eigenvalue weighted by atomic mass is 10.0. The van der Waals surface area contributed by atoms with E-state index < -0.39 is 0 Å². The Morgan fingerprint density at radius 3 is 3.00 bits per heavy atom. The van der Waals surface area contributed by atoms with Crippen LogP contribution < -0.4 is 10.1 Å². The molecule has 3 aromatic rings. The fraction of sp³-hybridized carbons (Fsp3) is 0.368. The summed E-state index contributed by atoms with van der Waals surface area (Å²) >= 11 is 6.14. The molecule has 0 bridgehead atoms. The van der Waals surface area contributed by atoms with E-state index in [2.05, 4.69) is 15.3 Å². The summed E-state index contributed by atoms with van der Waals surface area (Å²) in [5, 5.41) is 4.30. The van der Waals surface area contributed by atoms with Gasteiger partial charge in [-0.05, 0) is 48.7 Å².